The second-order valence-electron chi connectivity index (χ2n) is 5.87. The minimum atomic E-state index is -2.89. The van der Waals surface area contributed by atoms with Crippen molar-refractivity contribution in [3.8, 4) is 0 Å². The number of nitrogens with zero attached hydrogens (tertiary/aromatic N) is 1. The summed E-state index contributed by atoms with van der Waals surface area (Å²) in [6, 6.07) is 0.0174. The highest BCUT2D eigenvalue weighted by Gasteiger charge is 2.35. The number of rotatable bonds is 8. The SMILES string of the molecule is CCNC(CC)(CCCN1CCS(=O)(=O)CC1C)C(=O)O. The Morgan fingerprint density at radius 3 is 2.57 bits per heavy atom. The Balaban J connectivity index is 2.53. The molecular formula is C14H28N2O4S. The van der Waals surface area contributed by atoms with Crippen LogP contribution in [0.5, 0.6) is 0 Å². The zero-order chi connectivity index (χ0) is 16.1. The summed E-state index contributed by atoms with van der Waals surface area (Å²) in [5.41, 5.74) is -0.861. The third kappa shape index (κ3) is 4.93. The highest BCUT2D eigenvalue weighted by molar-refractivity contribution is 7.91. The number of hydrogen-bond donors (Lipinski definition) is 2. The lowest BCUT2D eigenvalue weighted by Crippen LogP contribution is -2.52. The van der Waals surface area contributed by atoms with Crippen LogP contribution in [0.1, 0.15) is 40.0 Å². The van der Waals surface area contributed by atoms with Gasteiger partial charge in [-0.25, -0.2) is 8.42 Å². The summed E-state index contributed by atoms with van der Waals surface area (Å²) < 4.78 is 23.1. The normalized spacial score (nSPS) is 25.4. The summed E-state index contributed by atoms with van der Waals surface area (Å²) in [7, 11) is -2.89. The van der Waals surface area contributed by atoms with Crippen molar-refractivity contribution >= 4 is 15.8 Å². The van der Waals surface area contributed by atoms with Gasteiger partial charge in [-0.05, 0) is 39.3 Å². The van der Waals surface area contributed by atoms with Crippen LogP contribution in [0.15, 0.2) is 0 Å². The molecule has 2 atom stereocenters. The number of hydrogen-bond acceptors (Lipinski definition) is 5. The molecule has 0 aliphatic carbocycles. The van der Waals surface area contributed by atoms with Crippen molar-refractivity contribution in [3.05, 3.63) is 0 Å². The molecule has 0 radical (unpaired) electrons. The molecule has 0 aromatic carbocycles. The number of nitrogens with one attached hydrogen (secondary N) is 1. The van der Waals surface area contributed by atoms with Crippen LogP contribution < -0.4 is 5.32 Å². The number of likely N-dealkylation sites (N-methyl/N-ethyl adjacent to an activating group) is 1. The summed E-state index contributed by atoms with van der Waals surface area (Å²) in [5, 5.41) is 12.6. The maximum atomic E-state index is 11.5. The predicted molar refractivity (Wildman–Crippen MR) is 83.3 cm³/mol. The Kier molecular flexibility index (Phi) is 6.62. The van der Waals surface area contributed by atoms with Crippen LogP contribution in [0.25, 0.3) is 0 Å². The molecule has 0 saturated carbocycles. The summed E-state index contributed by atoms with van der Waals surface area (Å²) >= 11 is 0. The predicted octanol–water partition coefficient (Wildman–Crippen LogP) is 0.728. The molecule has 0 amide bonds. The Hall–Kier alpha value is -0.660. The van der Waals surface area contributed by atoms with Gasteiger partial charge in [-0.2, -0.15) is 0 Å². The van der Waals surface area contributed by atoms with Crippen molar-refractivity contribution in [2.24, 2.45) is 0 Å². The molecule has 21 heavy (non-hydrogen) atoms. The van der Waals surface area contributed by atoms with E-state index in [0.717, 1.165) is 13.0 Å². The highest BCUT2D eigenvalue weighted by atomic mass is 32.2. The van der Waals surface area contributed by atoms with E-state index in [4.69, 9.17) is 0 Å². The van der Waals surface area contributed by atoms with Gasteiger partial charge in [-0.15, -0.1) is 0 Å². The molecule has 2 N–H and O–H groups in total. The van der Waals surface area contributed by atoms with Gasteiger partial charge in [-0.3, -0.25) is 9.69 Å². The van der Waals surface area contributed by atoms with Crippen LogP contribution in [-0.4, -0.2) is 67.1 Å². The first-order valence-corrected chi connectivity index (χ1v) is 9.51. The standard InChI is InChI=1S/C14H28N2O4S/c1-4-14(13(17)18,15-5-2)7-6-8-16-9-10-21(19,20)11-12(16)3/h12,15H,4-11H2,1-3H3,(H,17,18). The fourth-order valence-corrected chi connectivity index (χ4v) is 4.64. The van der Waals surface area contributed by atoms with Crippen LogP contribution in [0, 0.1) is 0 Å². The van der Waals surface area contributed by atoms with E-state index in [1.54, 1.807) is 0 Å². The van der Waals surface area contributed by atoms with E-state index >= 15 is 0 Å². The number of aliphatic carboxylic acids is 1. The molecule has 0 aromatic rings. The molecule has 0 bridgehead atoms. The van der Waals surface area contributed by atoms with E-state index in [-0.39, 0.29) is 17.5 Å². The summed E-state index contributed by atoms with van der Waals surface area (Å²) in [6.07, 6.45) is 1.85. The first-order chi connectivity index (χ1) is 9.76. The van der Waals surface area contributed by atoms with Gasteiger partial charge < -0.3 is 10.4 Å². The van der Waals surface area contributed by atoms with E-state index in [0.29, 0.717) is 25.9 Å². The molecule has 2 unspecified atom stereocenters. The molecule has 1 aliphatic heterocycles. The molecule has 1 rings (SSSR count). The second-order valence-corrected chi connectivity index (χ2v) is 8.10. The van der Waals surface area contributed by atoms with E-state index in [2.05, 4.69) is 10.2 Å². The van der Waals surface area contributed by atoms with Crippen molar-refractivity contribution in [2.75, 3.05) is 31.1 Å². The maximum Gasteiger partial charge on any atom is 0.323 e. The van der Waals surface area contributed by atoms with E-state index < -0.39 is 21.3 Å². The summed E-state index contributed by atoms with van der Waals surface area (Å²) in [6.45, 7) is 7.63. The van der Waals surface area contributed by atoms with Crippen molar-refractivity contribution in [3.63, 3.8) is 0 Å². The monoisotopic (exact) mass is 320 g/mol. The largest absolute Gasteiger partial charge is 0.480 e. The molecule has 1 fully saturated rings. The molecular weight excluding hydrogens is 292 g/mol. The van der Waals surface area contributed by atoms with Gasteiger partial charge in [0.05, 0.1) is 11.5 Å². The minimum absolute atomic E-state index is 0.0174. The van der Waals surface area contributed by atoms with Gasteiger partial charge in [0.1, 0.15) is 5.54 Å². The average Bonchev–Trinajstić information content (AvgIpc) is 2.39. The highest BCUT2D eigenvalue weighted by Crippen LogP contribution is 2.20. The van der Waals surface area contributed by atoms with Crippen LogP contribution in [-0.2, 0) is 14.6 Å². The first kappa shape index (κ1) is 18.4. The Morgan fingerprint density at radius 1 is 1.43 bits per heavy atom. The van der Waals surface area contributed by atoms with E-state index in [1.165, 1.54) is 0 Å². The first-order valence-electron chi connectivity index (χ1n) is 7.69. The van der Waals surface area contributed by atoms with E-state index in [9.17, 15) is 18.3 Å². The van der Waals surface area contributed by atoms with Crippen molar-refractivity contribution in [1.82, 2.24) is 10.2 Å². The zero-order valence-corrected chi connectivity index (χ0v) is 14.1. The lowest BCUT2D eigenvalue weighted by molar-refractivity contribution is -0.145. The molecule has 1 aliphatic rings. The van der Waals surface area contributed by atoms with Crippen molar-refractivity contribution in [2.45, 2.75) is 51.6 Å². The molecule has 0 spiro atoms. The van der Waals surface area contributed by atoms with Crippen LogP contribution in [0.3, 0.4) is 0 Å². The van der Waals surface area contributed by atoms with Gasteiger partial charge in [0.2, 0.25) is 0 Å². The third-order valence-corrected chi connectivity index (χ3v) is 6.18. The minimum Gasteiger partial charge on any atom is -0.480 e. The lowest BCUT2D eigenvalue weighted by atomic mass is 9.90. The molecule has 1 saturated heterocycles. The van der Waals surface area contributed by atoms with Crippen LogP contribution in [0.2, 0.25) is 0 Å². The maximum absolute atomic E-state index is 11.5. The van der Waals surface area contributed by atoms with Gasteiger partial charge in [-0.1, -0.05) is 13.8 Å². The second kappa shape index (κ2) is 7.56. The summed E-state index contributed by atoms with van der Waals surface area (Å²) in [4.78, 5) is 13.7. The van der Waals surface area contributed by atoms with Gasteiger partial charge in [0.15, 0.2) is 9.84 Å². The van der Waals surface area contributed by atoms with Gasteiger partial charge >= 0.3 is 5.97 Å². The summed E-state index contributed by atoms with van der Waals surface area (Å²) in [5.74, 6) is -0.387. The molecule has 1 heterocycles. The number of carboxylic acid groups (broad SMARTS) is 1. The van der Waals surface area contributed by atoms with Crippen LogP contribution in [0.4, 0.5) is 0 Å². The lowest BCUT2D eigenvalue weighted by Gasteiger charge is -2.35. The molecule has 124 valence electrons. The Labute approximate surface area is 127 Å². The number of carbonyl (C=O) groups is 1. The smallest absolute Gasteiger partial charge is 0.323 e. The topological polar surface area (TPSA) is 86.7 Å². The fraction of sp³-hybridized carbons (Fsp3) is 0.929. The quantitative estimate of drug-likeness (QED) is 0.685. The Morgan fingerprint density at radius 2 is 2.10 bits per heavy atom. The van der Waals surface area contributed by atoms with Gasteiger partial charge in [0, 0.05) is 12.6 Å². The van der Waals surface area contributed by atoms with E-state index in [1.807, 2.05) is 20.8 Å². The van der Waals surface area contributed by atoms with Crippen molar-refractivity contribution in [1.29, 1.82) is 0 Å². The molecule has 7 heteroatoms. The number of sulfone groups is 1. The van der Waals surface area contributed by atoms with Gasteiger partial charge in [0.25, 0.3) is 0 Å². The van der Waals surface area contributed by atoms with Crippen LogP contribution >= 0.6 is 0 Å². The number of carboxylic acids is 1. The van der Waals surface area contributed by atoms with Crippen molar-refractivity contribution < 1.29 is 18.3 Å². The zero-order valence-electron chi connectivity index (χ0n) is 13.3. The molecule has 6 nitrogen and oxygen atoms in total. The average molecular weight is 320 g/mol. The molecule has 0 aromatic heterocycles. The Bertz CT molecular complexity index is 452. The fourth-order valence-electron chi connectivity index (χ4n) is 3.01. The third-order valence-electron chi connectivity index (χ3n) is 4.38.